The van der Waals surface area contributed by atoms with E-state index >= 15 is 0 Å². The number of benzene rings is 1. The van der Waals surface area contributed by atoms with E-state index in [9.17, 15) is 4.39 Å². The van der Waals surface area contributed by atoms with Gasteiger partial charge in [-0.25, -0.2) is 9.37 Å². The number of hydrogen-bond donors (Lipinski definition) is 2. The van der Waals surface area contributed by atoms with Crippen LogP contribution in [0.2, 0.25) is 0 Å². The molecule has 4 heteroatoms. The highest BCUT2D eigenvalue weighted by Gasteiger charge is 2.15. The van der Waals surface area contributed by atoms with Crippen LogP contribution < -0.4 is 5.32 Å². The van der Waals surface area contributed by atoms with E-state index in [1.165, 1.54) is 6.07 Å². The molecule has 0 aliphatic heterocycles. The summed E-state index contributed by atoms with van der Waals surface area (Å²) in [4.78, 5) is 7.47. The summed E-state index contributed by atoms with van der Waals surface area (Å²) >= 11 is 0. The molecule has 2 N–H and O–H groups in total. The van der Waals surface area contributed by atoms with Crippen molar-refractivity contribution in [2.75, 3.05) is 6.54 Å². The fourth-order valence-electron chi connectivity index (χ4n) is 2.16. The monoisotopic (exact) mass is 261 g/mol. The highest BCUT2D eigenvalue weighted by Crippen LogP contribution is 2.19. The maximum Gasteiger partial charge on any atom is 0.123 e. The Labute approximate surface area is 113 Å². The summed E-state index contributed by atoms with van der Waals surface area (Å²) in [6, 6.07) is 5.09. The molecule has 0 aliphatic rings. The molecule has 2 aromatic rings. The smallest absolute Gasteiger partial charge is 0.123 e. The third kappa shape index (κ3) is 3.64. The van der Waals surface area contributed by atoms with E-state index in [2.05, 4.69) is 22.2 Å². The van der Waals surface area contributed by atoms with Gasteiger partial charge in [0, 0.05) is 12.4 Å². The molecule has 1 atom stereocenters. The topological polar surface area (TPSA) is 40.7 Å². The molecule has 0 saturated carbocycles. The summed E-state index contributed by atoms with van der Waals surface area (Å²) in [5.41, 5.74) is 2.13. The fraction of sp³-hybridized carbons (Fsp3) is 0.400. The normalized spacial score (nSPS) is 12.6. The quantitative estimate of drug-likeness (QED) is 0.838. The van der Waals surface area contributed by atoms with Gasteiger partial charge < -0.3 is 10.3 Å². The number of nitrogens with zero attached hydrogens (tertiary/aromatic N) is 1. The van der Waals surface area contributed by atoms with Crippen LogP contribution in [0.1, 0.15) is 36.3 Å². The van der Waals surface area contributed by atoms with Crippen LogP contribution in [-0.2, 0) is 6.42 Å². The molecule has 0 fully saturated rings. The minimum atomic E-state index is -0.183. The van der Waals surface area contributed by atoms with Crippen LogP contribution in [0.5, 0.6) is 0 Å². The number of imidazole rings is 1. The second-order valence-electron chi connectivity index (χ2n) is 4.76. The number of aryl methyl sites for hydroxylation is 1. The van der Waals surface area contributed by atoms with Gasteiger partial charge in [0.15, 0.2) is 0 Å². The summed E-state index contributed by atoms with van der Waals surface area (Å²) < 4.78 is 13.1. The first-order valence-electron chi connectivity index (χ1n) is 6.68. The molecule has 19 heavy (non-hydrogen) atoms. The third-order valence-corrected chi connectivity index (χ3v) is 3.22. The molecule has 0 aliphatic carbocycles. The Morgan fingerprint density at radius 1 is 1.42 bits per heavy atom. The van der Waals surface area contributed by atoms with Crippen LogP contribution in [-0.4, -0.2) is 16.5 Å². The van der Waals surface area contributed by atoms with E-state index in [0.29, 0.717) is 0 Å². The standard InChI is InChI=1S/C15H20FN3/c1-3-6-17-14(15-18-7-8-19-15)10-12-4-5-13(16)9-11(12)2/h4-5,7-9,14,17H,3,6,10H2,1-2H3,(H,18,19). The van der Waals surface area contributed by atoms with Crippen molar-refractivity contribution in [1.29, 1.82) is 0 Å². The largest absolute Gasteiger partial charge is 0.347 e. The van der Waals surface area contributed by atoms with Gasteiger partial charge in [-0.15, -0.1) is 0 Å². The Kier molecular flexibility index (Phi) is 4.68. The number of aromatic amines is 1. The average molecular weight is 261 g/mol. The van der Waals surface area contributed by atoms with Gasteiger partial charge in [0.2, 0.25) is 0 Å². The zero-order valence-electron chi connectivity index (χ0n) is 11.4. The fourth-order valence-corrected chi connectivity index (χ4v) is 2.16. The zero-order chi connectivity index (χ0) is 13.7. The number of hydrogen-bond acceptors (Lipinski definition) is 2. The lowest BCUT2D eigenvalue weighted by molar-refractivity contribution is 0.507. The van der Waals surface area contributed by atoms with Crippen molar-refractivity contribution in [2.45, 2.75) is 32.7 Å². The van der Waals surface area contributed by atoms with Gasteiger partial charge in [0.25, 0.3) is 0 Å². The minimum absolute atomic E-state index is 0.138. The molecule has 0 spiro atoms. The van der Waals surface area contributed by atoms with Crippen LogP contribution in [0.3, 0.4) is 0 Å². The summed E-state index contributed by atoms with van der Waals surface area (Å²) in [6.45, 7) is 5.01. The molecule has 2 rings (SSSR count). The molecule has 0 radical (unpaired) electrons. The molecule has 0 bridgehead atoms. The molecule has 0 amide bonds. The maximum absolute atomic E-state index is 13.1. The van der Waals surface area contributed by atoms with Crippen LogP contribution in [0.15, 0.2) is 30.6 Å². The van der Waals surface area contributed by atoms with E-state index in [0.717, 1.165) is 36.3 Å². The van der Waals surface area contributed by atoms with Crippen LogP contribution in [0, 0.1) is 12.7 Å². The lowest BCUT2D eigenvalue weighted by atomic mass is 10.0. The van der Waals surface area contributed by atoms with Crippen LogP contribution >= 0.6 is 0 Å². The maximum atomic E-state index is 13.1. The van der Waals surface area contributed by atoms with Crippen molar-refractivity contribution in [2.24, 2.45) is 0 Å². The van der Waals surface area contributed by atoms with E-state index in [-0.39, 0.29) is 11.9 Å². The van der Waals surface area contributed by atoms with Crippen molar-refractivity contribution < 1.29 is 4.39 Å². The molecule has 1 unspecified atom stereocenters. The molecular weight excluding hydrogens is 241 g/mol. The Balaban J connectivity index is 2.15. The van der Waals surface area contributed by atoms with Crippen LogP contribution in [0.4, 0.5) is 4.39 Å². The molecule has 3 nitrogen and oxygen atoms in total. The first-order chi connectivity index (χ1) is 9.20. The minimum Gasteiger partial charge on any atom is -0.347 e. The van der Waals surface area contributed by atoms with E-state index in [1.54, 1.807) is 12.3 Å². The summed E-state index contributed by atoms with van der Waals surface area (Å²) in [6.07, 6.45) is 5.46. The first-order valence-corrected chi connectivity index (χ1v) is 6.68. The van der Waals surface area contributed by atoms with E-state index in [4.69, 9.17) is 0 Å². The van der Waals surface area contributed by atoms with Gasteiger partial charge >= 0.3 is 0 Å². The second kappa shape index (κ2) is 6.48. The predicted molar refractivity (Wildman–Crippen MR) is 74.5 cm³/mol. The second-order valence-corrected chi connectivity index (χ2v) is 4.76. The zero-order valence-corrected chi connectivity index (χ0v) is 11.4. The molecular formula is C15H20FN3. The third-order valence-electron chi connectivity index (χ3n) is 3.22. The number of nitrogens with one attached hydrogen (secondary N) is 2. The van der Waals surface area contributed by atoms with E-state index in [1.807, 2.05) is 19.2 Å². The predicted octanol–water partition coefficient (Wildman–Crippen LogP) is 3.14. The molecule has 0 saturated heterocycles. The Morgan fingerprint density at radius 2 is 2.26 bits per heavy atom. The van der Waals surface area contributed by atoms with Crippen molar-refractivity contribution in [3.05, 3.63) is 53.4 Å². The SMILES string of the molecule is CCCNC(Cc1ccc(F)cc1C)c1ncc[nH]1. The van der Waals surface area contributed by atoms with Crippen molar-refractivity contribution >= 4 is 0 Å². The van der Waals surface area contributed by atoms with Gasteiger partial charge in [-0.05, 0) is 49.6 Å². The Bertz CT molecular complexity index is 508. The molecule has 102 valence electrons. The van der Waals surface area contributed by atoms with Gasteiger partial charge in [-0.3, -0.25) is 0 Å². The Hall–Kier alpha value is -1.68. The molecule has 1 aromatic heterocycles. The van der Waals surface area contributed by atoms with Gasteiger partial charge in [-0.1, -0.05) is 13.0 Å². The van der Waals surface area contributed by atoms with Crippen molar-refractivity contribution in [1.82, 2.24) is 15.3 Å². The number of aromatic nitrogens is 2. The lowest BCUT2D eigenvalue weighted by Gasteiger charge is -2.17. The summed E-state index contributed by atoms with van der Waals surface area (Å²) in [5, 5.41) is 3.47. The summed E-state index contributed by atoms with van der Waals surface area (Å²) in [7, 11) is 0. The Morgan fingerprint density at radius 3 is 2.89 bits per heavy atom. The average Bonchev–Trinajstić information content (AvgIpc) is 2.90. The summed E-state index contributed by atoms with van der Waals surface area (Å²) in [5.74, 6) is 0.745. The molecule has 1 aromatic carbocycles. The molecule has 1 heterocycles. The highest BCUT2D eigenvalue weighted by molar-refractivity contribution is 5.28. The van der Waals surface area contributed by atoms with Crippen LogP contribution in [0.25, 0.3) is 0 Å². The van der Waals surface area contributed by atoms with Crippen molar-refractivity contribution in [3.8, 4) is 0 Å². The highest BCUT2D eigenvalue weighted by atomic mass is 19.1. The number of halogens is 1. The lowest BCUT2D eigenvalue weighted by Crippen LogP contribution is -2.25. The van der Waals surface area contributed by atoms with Crippen molar-refractivity contribution in [3.63, 3.8) is 0 Å². The van der Waals surface area contributed by atoms with Gasteiger partial charge in [-0.2, -0.15) is 0 Å². The first kappa shape index (κ1) is 13.7. The number of H-pyrrole nitrogens is 1. The van der Waals surface area contributed by atoms with Gasteiger partial charge in [0.1, 0.15) is 11.6 Å². The van der Waals surface area contributed by atoms with Gasteiger partial charge in [0.05, 0.1) is 6.04 Å². The van der Waals surface area contributed by atoms with E-state index < -0.39 is 0 Å². The number of rotatable bonds is 6.